The molecule has 5 rings (SSSR count). The first-order valence-corrected chi connectivity index (χ1v) is 13.5. The number of hydrogen-bond acceptors (Lipinski definition) is 7. The van der Waals surface area contributed by atoms with Crippen LogP contribution in [0.25, 0.3) is 11.0 Å². The molecule has 2 aliphatic rings. The van der Waals surface area contributed by atoms with Gasteiger partial charge in [0.15, 0.2) is 5.65 Å². The molecule has 0 aliphatic carbocycles. The summed E-state index contributed by atoms with van der Waals surface area (Å²) < 4.78 is 35.0. The molecule has 3 aromatic rings. The summed E-state index contributed by atoms with van der Waals surface area (Å²) in [6.45, 7) is 7.39. The number of sulfonamides is 1. The average molecular weight is 485 g/mol. The fraction of sp³-hybridized carbons (Fsp3) is 0.500. The van der Waals surface area contributed by atoms with Crippen molar-refractivity contribution in [2.45, 2.75) is 43.8 Å². The third kappa shape index (κ3) is 4.68. The van der Waals surface area contributed by atoms with Gasteiger partial charge in [-0.1, -0.05) is 18.2 Å². The van der Waals surface area contributed by atoms with E-state index in [4.69, 9.17) is 9.72 Å². The average Bonchev–Trinajstić information content (AvgIpc) is 3.30. The molecule has 4 heterocycles. The normalized spacial score (nSPS) is 19.0. The Hall–Kier alpha value is -2.53. The van der Waals surface area contributed by atoms with Gasteiger partial charge in [0, 0.05) is 70.3 Å². The van der Waals surface area contributed by atoms with E-state index in [2.05, 4.69) is 22.2 Å². The number of pyridine rings is 1. The summed E-state index contributed by atoms with van der Waals surface area (Å²) in [6.07, 6.45) is 5.80. The highest BCUT2D eigenvalue weighted by Gasteiger charge is 2.29. The van der Waals surface area contributed by atoms with Crippen molar-refractivity contribution in [1.29, 1.82) is 0 Å². The number of aromatic nitrogens is 3. The molecule has 0 bridgehead atoms. The van der Waals surface area contributed by atoms with E-state index in [0.717, 1.165) is 54.9 Å². The smallest absolute Gasteiger partial charge is 0.243 e. The predicted octanol–water partition coefficient (Wildman–Crippen LogP) is 2.55. The second kappa shape index (κ2) is 9.99. The lowest BCUT2D eigenvalue weighted by Crippen LogP contribution is -2.48. The van der Waals surface area contributed by atoms with E-state index in [1.54, 1.807) is 28.6 Å². The number of nitrogens with one attached hydrogen (secondary N) is 1. The minimum absolute atomic E-state index is 0.356. The van der Waals surface area contributed by atoms with Crippen LogP contribution in [0, 0.1) is 0 Å². The Morgan fingerprint density at radius 2 is 1.79 bits per heavy atom. The van der Waals surface area contributed by atoms with E-state index in [9.17, 15) is 8.42 Å². The van der Waals surface area contributed by atoms with Gasteiger partial charge in [-0.2, -0.15) is 9.40 Å². The number of benzene rings is 1. The third-order valence-corrected chi connectivity index (χ3v) is 8.63. The molecule has 2 saturated heterocycles. The number of hydrogen-bond donors (Lipinski definition) is 1. The summed E-state index contributed by atoms with van der Waals surface area (Å²) in [5, 5.41) is 9.33. The van der Waals surface area contributed by atoms with E-state index in [-0.39, 0.29) is 0 Å². The van der Waals surface area contributed by atoms with Gasteiger partial charge in [0.1, 0.15) is 0 Å². The van der Waals surface area contributed by atoms with Crippen molar-refractivity contribution >= 4 is 26.7 Å². The van der Waals surface area contributed by atoms with Crippen LogP contribution in [0.5, 0.6) is 0 Å². The molecule has 2 fully saturated rings. The molecule has 2 aromatic heterocycles. The molecule has 0 amide bonds. The topological polar surface area (TPSA) is 92.6 Å². The molecule has 2 aliphatic heterocycles. The van der Waals surface area contributed by atoms with Crippen LogP contribution in [0.2, 0.25) is 0 Å². The molecule has 10 heteroatoms. The second-order valence-corrected chi connectivity index (χ2v) is 10.8. The van der Waals surface area contributed by atoms with Crippen molar-refractivity contribution in [3.8, 4) is 0 Å². The highest BCUT2D eigenvalue weighted by Crippen LogP contribution is 2.29. The number of rotatable bonds is 7. The van der Waals surface area contributed by atoms with Crippen LogP contribution >= 0.6 is 0 Å². The highest BCUT2D eigenvalue weighted by atomic mass is 32.2. The number of fused-ring (bicyclic) bond motifs is 1. The standard InChI is InChI=1S/C24H32N6O3S/c1-2-30-24-22(17-26-30)23(27-20-8-14-33-15-9-20)19(16-25-24)18-28-10-12-29(13-11-28)34(31,32)21-6-4-3-5-7-21/h3-7,16-17,20H,2,8-15,18H2,1H3,(H,25,27). The zero-order chi connectivity index (χ0) is 23.5. The van der Waals surface area contributed by atoms with Crippen LogP contribution < -0.4 is 5.32 Å². The van der Waals surface area contributed by atoms with Gasteiger partial charge in [-0.05, 0) is 31.9 Å². The van der Waals surface area contributed by atoms with Crippen molar-refractivity contribution in [3.63, 3.8) is 0 Å². The fourth-order valence-corrected chi connectivity index (χ4v) is 6.19. The first-order valence-electron chi connectivity index (χ1n) is 12.0. The van der Waals surface area contributed by atoms with E-state index < -0.39 is 10.0 Å². The summed E-state index contributed by atoms with van der Waals surface area (Å²) in [5.41, 5.74) is 3.10. The summed E-state index contributed by atoms with van der Waals surface area (Å²) in [5.74, 6) is 0. The largest absolute Gasteiger partial charge is 0.381 e. The summed E-state index contributed by atoms with van der Waals surface area (Å²) in [7, 11) is -3.46. The minimum atomic E-state index is -3.46. The van der Waals surface area contributed by atoms with Crippen molar-refractivity contribution < 1.29 is 13.2 Å². The van der Waals surface area contributed by atoms with Gasteiger partial charge < -0.3 is 10.1 Å². The predicted molar refractivity (Wildman–Crippen MR) is 131 cm³/mol. The SMILES string of the molecule is CCn1ncc2c(NC3CCOCC3)c(CN3CCN(S(=O)(=O)c4ccccc4)CC3)cnc21. The van der Waals surface area contributed by atoms with Gasteiger partial charge in [-0.25, -0.2) is 18.1 Å². The molecule has 9 nitrogen and oxygen atoms in total. The van der Waals surface area contributed by atoms with E-state index in [1.165, 1.54) is 0 Å². The Balaban J connectivity index is 1.33. The molecule has 182 valence electrons. The van der Waals surface area contributed by atoms with Gasteiger partial charge in [0.2, 0.25) is 10.0 Å². The Morgan fingerprint density at radius 3 is 2.50 bits per heavy atom. The number of piperazine rings is 1. The first-order chi connectivity index (χ1) is 16.6. The lowest BCUT2D eigenvalue weighted by molar-refractivity contribution is 0.0904. The second-order valence-electron chi connectivity index (χ2n) is 8.88. The first kappa shape index (κ1) is 23.2. The number of aryl methyl sites for hydroxylation is 1. The minimum Gasteiger partial charge on any atom is -0.381 e. The van der Waals surface area contributed by atoms with Crippen molar-refractivity contribution in [2.24, 2.45) is 0 Å². The maximum atomic E-state index is 13.0. The molecule has 0 radical (unpaired) electrons. The van der Waals surface area contributed by atoms with Crippen LogP contribution in [0.1, 0.15) is 25.3 Å². The number of ether oxygens (including phenoxy) is 1. The zero-order valence-electron chi connectivity index (χ0n) is 19.6. The Labute approximate surface area is 200 Å². The number of nitrogens with zero attached hydrogens (tertiary/aromatic N) is 5. The lowest BCUT2D eigenvalue weighted by atomic mass is 10.1. The van der Waals surface area contributed by atoms with Crippen molar-refractivity contribution in [3.05, 3.63) is 48.3 Å². The summed E-state index contributed by atoms with van der Waals surface area (Å²) in [4.78, 5) is 7.39. The Kier molecular flexibility index (Phi) is 6.82. The highest BCUT2D eigenvalue weighted by molar-refractivity contribution is 7.89. The van der Waals surface area contributed by atoms with Crippen molar-refractivity contribution in [2.75, 3.05) is 44.7 Å². The fourth-order valence-electron chi connectivity index (χ4n) is 4.75. The van der Waals surface area contributed by atoms with Gasteiger partial charge in [-0.15, -0.1) is 0 Å². The van der Waals surface area contributed by atoms with E-state index in [0.29, 0.717) is 43.7 Å². The van der Waals surface area contributed by atoms with Crippen LogP contribution in [0.4, 0.5) is 5.69 Å². The molecule has 1 N–H and O–H groups in total. The molecular formula is C24H32N6O3S. The molecule has 0 unspecified atom stereocenters. The van der Waals surface area contributed by atoms with Crippen LogP contribution in [-0.4, -0.2) is 77.8 Å². The van der Waals surface area contributed by atoms with Crippen molar-refractivity contribution in [1.82, 2.24) is 24.0 Å². The monoisotopic (exact) mass is 484 g/mol. The van der Waals surface area contributed by atoms with Gasteiger partial charge in [-0.3, -0.25) is 4.90 Å². The molecule has 0 spiro atoms. The Morgan fingerprint density at radius 1 is 1.06 bits per heavy atom. The van der Waals surface area contributed by atoms with E-state index in [1.807, 2.05) is 23.1 Å². The summed E-state index contributed by atoms with van der Waals surface area (Å²) >= 11 is 0. The van der Waals surface area contributed by atoms with Crippen LogP contribution in [0.3, 0.4) is 0 Å². The van der Waals surface area contributed by atoms with Crippen LogP contribution in [0.15, 0.2) is 47.6 Å². The van der Waals surface area contributed by atoms with Crippen LogP contribution in [-0.2, 0) is 27.8 Å². The molecule has 1 aromatic carbocycles. The molecular weight excluding hydrogens is 452 g/mol. The molecule has 0 saturated carbocycles. The Bertz CT molecular complexity index is 1220. The zero-order valence-corrected chi connectivity index (χ0v) is 20.4. The molecule has 0 atom stereocenters. The van der Waals surface area contributed by atoms with E-state index >= 15 is 0 Å². The van der Waals surface area contributed by atoms with Gasteiger partial charge in [0.05, 0.1) is 22.2 Å². The van der Waals surface area contributed by atoms with Gasteiger partial charge in [0.25, 0.3) is 0 Å². The number of anilines is 1. The maximum absolute atomic E-state index is 13.0. The third-order valence-electron chi connectivity index (χ3n) is 6.72. The van der Waals surface area contributed by atoms with Gasteiger partial charge >= 0.3 is 0 Å². The lowest BCUT2D eigenvalue weighted by Gasteiger charge is -2.34. The summed E-state index contributed by atoms with van der Waals surface area (Å²) in [6, 6.07) is 9.04. The maximum Gasteiger partial charge on any atom is 0.243 e. The quantitative estimate of drug-likeness (QED) is 0.551. The molecule has 34 heavy (non-hydrogen) atoms.